The third-order valence-corrected chi connectivity index (χ3v) is 5.18. The van der Waals surface area contributed by atoms with Gasteiger partial charge in [-0.05, 0) is 17.7 Å². The number of thioether (sulfide) groups is 1. The molecule has 1 aromatic rings. The molecule has 26 heavy (non-hydrogen) atoms. The van der Waals surface area contributed by atoms with Gasteiger partial charge in [0.05, 0.1) is 12.3 Å². The number of hydrogen-bond acceptors (Lipinski definition) is 4. The first-order valence-electron chi connectivity index (χ1n) is 8.56. The second-order valence-corrected chi connectivity index (χ2v) is 7.64. The Labute approximate surface area is 157 Å². The molecule has 1 aromatic carbocycles. The van der Waals surface area contributed by atoms with Gasteiger partial charge >= 0.3 is 12.0 Å². The maximum atomic E-state index is 12.3. The third-order valence-electron chi connectivity index (χ3n) is 4.24. The van der Waals surface area contributed by atoms with E-state index in [9.17, 15) is 14.4 Å². The van der Waals surface area contributed by atoms with Gasteiger partial charge in [0.25, 0.3) is 0 Å². The van der Waals surface area contributed by atoms with Crippen LogP contribution in [0.3, 0.4) is 0 Å². The number of anilines is 1. The summed E-state index contributed by atoms with van der Waals surface area (Å²) in [6.45, 7) is 3.29. The van der Waals surface area contributed by atoms with Crippen molar-refractivity contribution < 1.29 is 19.5 Å². The first-order chi connectivity index (χ1) is 12.4. The predicted octanol–water partition coefficient (Wildman–Crippen LogP) is 1.99. The molecule has 142 valence electrons. The van der Waals surface area contributed by atoms with Crippen molar-refractivity contribution in [1.29, 1.82) is 0 Å². The van der Waals surface area contributed by atoms with Gasteiger partial charge in [0.1, 0.15) is 0 Å². The molecule has 1 aliphatic heterocycles. The molecule has 1 heterocycles. The molecule has 1 aliphatic rings. The average Bonchev–Trinajstić information content (AvgIpc) is 2.63. The number of amides is 3. The average molecular weight is 379 g/mol. The molecule has 0 radical (unpaired) electrons. The van der Waals surface area contributed by atoms with Crippen molar-refractivity contribution in [2.24, 2.45) is 5.92 Å². The van der Waals surface area contributed by atoms with E-state index >= 15 is 0 Å². The lowest BCUT2D eigenvalue weighted by molar-refractivity contribution is -0.141. The first kappa shape index (κ1) is 20.1. The van der Waals surface area contributed by atoms with Crippen molar-refractivity contribution in [3.05, 3.63) is 29.8 Å². The van der Waals surface area contributed by atoms with E-state index < -0.39 is 11.9 Å². The summed E-state index contributed by atoms with van der Waals surface area (Å²) in [5.74, 6) is 0.540. The minimum Gasteiger partial charge on any atom is -0.481 e. The van der Waals surface area contributed by atoms with Gasteiger partial charge in [0.2, 0.25) is 5.91 Å². The molecule has 0 saturated carbocycles. The number of carboxylic acid groups (broad SMARTS) is 1. The lowest BCUT2D eigenvalue weighted by atomic mass is 10.1. The summed E-state index contributed by atoms with van der Waals surface area (Å²) in [4.78, 5) is 38.5. The van der Waals surface area contributed by atoms with Gasteiger partial charge in [-0.15, -0.1) is 0 Å². The fourth-order valence-corrected chi connectivity index (χ4v) is 3.50. The molecule has 1 saturated heterocycles. The molecular weight excluding hydrogens is 354 g/mol. The number of benzene rings is 1. The number of rotatable bonds is 6. The number of carbonyl (C=O) groups excluding carboxylic acids is 2. The van der Waals surface area contributed by atoms with Crippen molar-refractivity contribution in [1.82, 2.24) is 9.80 Å². The minimum absolute atomic E-state index is 0.127. The van der Waals surface area contributed by atoms with E-state index in [2.05, 4.69) is 5.32 Å². The van der Waals surface area contributed by atoms with Gasteiger partial charge in [0.15, 0.2) is 0 Å². The lowest BCUT2D eigenvalue weighted by Crippen LogP contribution is -2.38. The van der Waals surface area contributed by atoms with Crippen molar-refractivity contribution in [3.8, 4) is 0 Å². The molecule has 1 fully saturated rings. The number of nitrogens with one attached hydrogen (secondary N) is 1. The Morgan fingerprint density at radius 2 is 1.85 bits per heavy atom. The van der Waals surface area contributed by atoms with Crippen molar-refractivity contribution >= 4 is 35.4 Å². The van der Waals surface area contributed by atoms with Crippen molar-refractivity contribution in [3.63, 3.8) is 0 Å². The van der Waals surface area contributed by atoms with E-state index in [1.165, 1.54) is 4.90 Å². The largest absolute Gasteiger partial charge is 0.481 e. The summed E-state index contributed by atoms with van der Waals surface area (Å²) in [7, 11) is 1.55. The topological polar surface area (TPSA) is 90.0 Å². The monoisotopic (exact) mass is 379 g/mol. The highest BCUT2D eigenvalue weighted by Gasteiger charge is 2.18. The van der Waals surface area contributed by atoms with Crippen LogP contribution in [0.5, 0.6) is 0 Å². The van der Waals surface area contributed by atoms with E-state index in [0.29, 0.717) is 12.1 Å². The number of carbonyl (C=O) groups is 3. The fraction of sp³-hybridized carbons (Fsp3) is 0.500. The molecule has 0 spiro atoms. The van der Waals surface area contributed by atoms with Crippen LogP contribution in [0, 0.1) is 5.92 Å². The standard InChI is InChI=1S/C18H25N3O4S/c1-13(17(23)24)12-20(2)18(25)19-15-5-3-14(4-6-15)11-16(22)21-7-9-26-10-8-21/h3-6,13H,7-12H2,1-2H3,(H,19,25)(H,23,24). The molecule has 2 N–H and O–H groups in total. The van der Waals surface area contributed by atoms with Crippen LogP contribution in [-0.2, 0) is 16.0 Å². The summed E-state index contributed by atoms with van der Waals surface area (Å²) in [6.07, 6.45) is 0.356. The van der Waals surface area contributed by atoms with Gasteiger partial charge in [0, 0.05) is 43.9 Å². The van der Waals surface area contributed by atoms with Crippen molar-refractivity contribution in [2.75, 3.05) is 43.5 Å². The normalized spacial score (nSPS) is 15.2. The zero-order chi connectivity index (χ0) is 19.1. The van der Waals surface area contributed by atoms with Crippen LogP contribution < -0.4 is 5.32 Å². The molecule has 0 aliphatic carbocycles. The molecule has 3 amide bonds. The van der Waals surface area contributed by atoms with Crippen LogP contribution in [-0.4, -0.2) is 71.0 Å². The van der Waals surface area contributed by atoms with Crippen molar-refractivity contribution in [2.45, 2.75) is 13.3 Å². The van der Waals surface area contributed by atoms with Crippen LogP contribution >= 0.6 is 11.8 Å². The maximum absolute atomic E-state index is 12.3. The number of aliphatic carboxylic acids is 1. The first-order valence-corrected chi connectivity index (χ1v) is 9.71. The molecule has 1 unspecified atom stereocenters. The molecule has 8 heteroatoms. The number of urea groups is 1. The van der Waals surface area contributed by atoms with Gasteiger partial charge in [-0.25, -0.2) is 4.79 Å². The molecule has 1 atom stereocenters. The zero-order valence-electron chi connectivity index (χ0n) is 15.1. The predicted molar refractivity (Wildman–Crippen MR) is 102 cm³/mol. The van der Waals surface area contributed by atoms with Gasteiger partial charge in [-0.2, -0.15) is 11.8 Å². The Kier molecular flexibility index (Phi) is 7.32. The second-order valence-electron chi connectivity index (χ2n) is 6.42. The maximum Gasteiger partial charge on any atom is 0.321 e. The van der Waals surface area contributed by atoms with E-state index in [-0.39, 0.29) is 18.5 Å². The highest BCUT2D eigenvalue weighted by Crippen LogP contribution is 2.14. The Morgan fingerprint density at radius 1 is 1.23 bits per heavy atom. The van der Waals surface area contributed by atoms with Crippen LogP contribution in [0.25, 0.3) is 0 Å². The molecule has 0 bridgehead atoms. The summed E-state index contributed by atoms with van der Waals surface area (Å²) < 4.78 is 0. The molecule has 0 aromatic heterocycles. The van der Waals surface area contributed by atoms with Crippen LogP contribution in [0.2, 0.25) is 0 Å². The molecular formula is C18H25N3O4S. The second kappa shape index (κ2) is 9.47. The summed E-state index contributed by atoms with van der Waals surface area (Å²) >= 11 is 1.87. The lowest BCUT2D eigenvalue weighted by Gasteiger charge is -2.26. The Balaban J connectivity index is 1.85. The zero-order valence-corrected chi connectivity index (χ0v) is 15.9. The van der Waals surface area contributed by atoms with Crippen LogP contribution in [0.15, 0.2) is 24.3 Å². The SMILES string of the molecule is CC(CN(C)C(=O)Nc1ccc(CC(=O)N2CCSCC2)cc1)C(=O)O. The highest BCUT2D eigenvalue weighted by atomic mass is 32.2. The quantitative estimate of drug-likeness (QED) is 0.789. The Morgan fingerprint density at radius 3 is 2.42 bits per heavy atom. The Hall–Kier alpha value is -2.22. The summed E-state index contributed by atoms with van der Waals surface area (Å²) in [6, 6.07) is 6.79. The van der Waals surface area contributed by atoms with E-state index in [0.717, 1.165) is 30.2 Å². The highest BCUT2D eigenvalue weighted by molar-refractivity contribution is 7.99. The summed E-state index contributed by atoms with van der Waals surface area (Å²) in [5.41, 5.74) is 1.51. The van der Waals surface area contributed by atoms with E-state index in [1.807, 2.05) is 28.8 Å². The number of nitrogens with zero attached hydrogens (tertiary/aromatic N) is 2. The third kappa shape index (κ3) is 5.94. The summed E-state index contributed by atoms with van der Waals surface area (Å²) in [5, 5.41) is 11.6. The fourth-order valence-electron chi connectivity index (χ4n) is 2.60. The van der Waals surface area contributed by atoms with E-state index in [1.54, 1.807) is 26.1 Å². The van der Waals surface area contributed by atoms with Gasteiger partial charge < -0.3 is 20.2 Å². The number of carboxylic acids is 1. The van der Waals surface area contributed by atoms with Crippen LogP contribution in [0.4, 0.5) is 10.5 Å². The van der Waals surface area contributed by atoms with Gasteiger partial charge in [-0.1, -0.05) is 19.1 Å². The molecule has 7 nitrogen and oxygen atoms in total. The number of hydrogen-bond donors (Lipinski definition) is 2. The molecule has 2 rings (SSSR count). The minimum atomic E-state index is -0.939. The van der Waals surface area contributed by atoms with Gasteiger partial charge in [-0.3, -0.25) is 9.59 Å². The Bertz CT molecular complexity index is 644. The smallest absolute Gasteiger partial charge is 0.321 e. The van der Waals surface area contributed by atoms with Crippen LogP contribution in [0.1, 0.15) is 12.5 Å². The van der Waals surface area contributed by atoms with E-state index in [4.69, 9.17) is 5.11 Å².